The number of hydrogen-bond donors (Lipinski definition) is 0. The van der Waals surface area contributed by atoms with Crippen molar-refractivity contribution in [2.45, 2.75) is 6.67 Å². The smallest absolute Gasteiger partial charge is 0.248 e. The van der Waals surface area contributed by atoms with Gasteiger partial charge in [0.25, 0.3) is 0 Å². The zero-order chi connectivity index (χ0) is 11.8. The SMILES string of the molecule is FCc1nnc(-c2ccn3c(I)cnc3c2)o1. The van der Waals surface area contributed by atoms with E-state index in [2.05, 4.69) is 37.8 Å². The summed E-state index contributed by atoms with van der Waals surface area (Å²) in [4.78, 5) is 4.22. The molecule has 5 nitrogen and oxygen atoms in total. The van der Waals surface area contributed by atoms with E-state index in [4.69, 9.17) is 4.42 Å². The van der Waals surface area contributed by atoms with Crippen molar-refractivity contribution < 1.29 is 8.81 Å². The minimum absolute atomic E-state index is 0.0159. The zero-order valence-corrected chi connectivity index (χ0v) is 10.6. The molecule has 0 spiro atoms. The van der Waals surface area contributed by atoms with Gasteiger partial charge in [-0.25, -0.2) is 9.37 Å². The Morgan fingerprint density at radius 2 is 2.29 bits per heavy atom. The van der Waals surface area contributed by atoms with Gasteiger partial charge in [0.15, 0.2) is 6.67 Å². The molecular weight excluding hydrogens is 338 g/mol. The Kier molecular flexibility index (Phi) is 2.54. The van der Waals surface area contributed by atoms with E-state index in [-0.39, 0.29) is 5.89 Å². The summed E-state index contributed by atoms with van der Waals surface area (Å²) in [5, 5.41) is 7.35. The van der Waals surface area contributed by atoms with Crippen LogP contribution in [0.4, 0.5) is 4.39 Å². The number of nitrogens with zero attached hydrogens (tertiary/aromatic N) is 4. The van der Waals surface area contributed by atoms with Crippen molar-refractivity contribution in [2.24, 2.45) is 0 Å². The third-order valence-electron chi connectivity index (χ3n) is 2.30. The lowest BCUT2D eigenvalue weighted by Crippen LogP contribution is -1.87. The highest BCUT2D eigenvalue weighted by Crippen LogP contribution is 2.20. The molecule has 0 unspecified atom stereocenters. The van der Waals surface area contributed by atoms with Crippen LogP contribution in [0.2, 0.25) is 0 Å². The first-order valence-corrected chi connectivity index (χ1v) is 5.87. The molecule has 0 atom stereocenters. The Bertz CT molecular complexity index is 678. The molecule has 0 aliphatic rings. The number of aromatic nitrogens is 4. The van der Waals surface area contributed by atoms with E-state index in [1.165, 1.54) is 0 Å². The molecule has 7 heteroatoms. The van der Waals surface area contributed by atoms with Crippen molar-refractivity contribution in [1.82, 2.24) is 19.6 Å². The number of halogens is 2. The maximum Gasteiger partial charge on any atom is 0.248 e. The Balaban J connectivity index is 2.11. The molecule has 0 aromatic carbocycles. The van der Waals surface area contributed by atoms with Crippen LogP contribution < -0.4 is 0 Å². The average Bonchev–Trinajstić information content (AvgIpc) is 2.96. The van der Waals surface area contributed by atoms with E-state index < -0.39 is 6.67 Å². The van der Waals surface area contributed by atoms with Crippen molar-refractivity contribution in [3.63, 3.8) is 0 Å². The molecule has 0 fully saturated rings. The third kappa shape index (κ3) is 1.79. The monoisotopic (exact) mass is 344 g/mol. The number of alkyl halides is 1. The molecule has 3 heterocycles. The number of rotatable bonds is 2. The minimum Gasteiger partial charge on any atom is -0.418 e. The summed E-state index contributed by atoms with van der Waals surface area (Å²) >= 11 is 2.19. The van der Waals surface area contributed by atoms with Crippen LogP contribution in [0.1, 0.15) is 5.89 Å². The number of fused-ring (bicyclic) bond motifs is 1. The molecule has 3 rings (SSSR count). The number of hydrogen-bond acceptors (Lipinski definition) is 4. The molecular formula is C10H6FIN4O. The van der Waals surface area contributed by atoms with Crippen LogP contribution in [0.25, 0.3) is 17.1 Å². The largest absolute Gasteiger partial charge is 0.418 e. The quantitative estimate of drug-likeness (QED) is 0.670. The first-order chi connectivity index (χ1) is 8.28. The second kappa shape index (κ2) is 4.06. The van der Waals surface area contributed by atoms with Gasteiger partial charge in [0, 0.05) is 11.8 Å². The fourth-order valence-electron chi connectivity index (χ4n) is 1.51. The van der Waals surface area contributed by atoms with Crippen LogP contribution in [0.3, 0.4) is 0 Å². The fourth-order valence-corrected chi connectivity index (χ4v) is 2.05. The van der Waals surface area contributed by atoms with Gasteiger partial charge < -0.3 is 4.42 Å². The maximum absolute atomic E-state index is 12.3. The first-order valence-electron chi connectivity index (χ1n) is 4.79. The summed E-state index contributed by atoms with van der Waals surface area (Å²) in [5.41, 5.74) is 1.51. The molecule has 0 radical (unpaired) electrons. The lowest BCUT2D eigenvalue weighted by molar-refractivity contribution is 0.385. The summed E-state index contributed by atoms with van der Waals surface area (Å²) < 4.78 is 20.4. The highest BCUT2D eigenvalue weighted by Gasteiger charge is 2.09. The Labute approximate surface area is 109 Å². The van der Waals surface area contributed by atoms with Crippen LogP contribution in [-0.4, -0.2) is 19.6 Å². The molecule has 3 aromatic heterocycles. The lowest BCUT2D eigenvalue weighted by Gasteiger charge is -1.97. The molecule has 0 saturated carbocycles. The van der Waals surface area contributed by atoms with Gasteiger partial charge in [-0.1, -0.05) is 0 Å². The first kappa shape index (κ1) is 10.6. The highest BCUT2D eigenvalue weighted by atomic mass is 127. The standard InChI is InChI=1S/C10H6FIN4O/c11-4-9-14-15-10(17-9)6-1-2-16-7(12)5-13-8(16)3-6/h1-3,5H,4H2. The maximum atomic E-state index is 12.3. The van der Waals surface area contributed by atoms with Crippen LogP contribution in [0.5, 0.6) is 0 Å². The van der Waals surface area contributed by atoms with E-state index in [0.29, 0.717) is 5.89 Å². The third-order valence-corrected chi connectivity index (χ3v) is 3.09. The highest BCUT2D eigenvalue weighted by molar-refractivity contribution is 14.1. The van der Waals surface area contributed by atoms with Crippen LogP contribution in [-0.2, 0) is 6.67 Å². The molecule has 0 aliphatic carbocycles. The van der Waals surface area contributed by atoms with Gasteiger partial charge >= 0.3 is 0 Å². The van der Waals surface area contributed by atoms with E-state index in [9.17, 15) is 4.39 Å². The molecule has 17 heavy (non-hydrogen) atoms. The molecule has 3 aromatic rings. The van der Waals surface area contributed by atoms with Crippen molar-refractivity contribution in [1.29, 1.82) is 0 Å². The van der Waals surface area contributed by atoms with Gasteiger partial charge in [0.05, 0.1) is 6.20 Å². The predicted octanol–water partition coefficient (Wildman–Crippen LogP) is 2.46. The Morgan fingerprint density at radius 1 is 1.41 bits per heavy atom. The van der Waals surface area contributed by atoms with Crippen molar-refractivity contribution in [3.8, 4) is 11.5 Å². The molecule has 0 saturated heterocycles. The summed E-state index contributed by atoms with van der Waals surface area (Å²) in [6, 6.07) is 3.64. The Hall–Kier alpha value is -1.51. The topological polar surface area (TPSA) is 56.2 Å². The van der Waals surface area contributed by atoms with Crippen molar-refractivity contribution >= 4 is 28.2 Å². The van der Waals surface area contributed by atoms with Gasteiger partial charge in [-0.05, 0) is 34.7 Å². The number of imidazole rings is 1. The van der Waals surface area contributed by atoms with Crippen LogP contribution in [0, 0.1) is 3.70 Å². The predicted molar refractivity (Wildman–Crippen MR) is 66.0 cm³/mol. The molecule has 0 N–H and O–H groups in total. The molecule has 0 bridgehead atoms. The molecule has 86 valence electrons. The van der Waals surface area contributed by atoms with Crippen molar-refractivity contribution in [3.05, 3.63) is 34.1 Å². The van der Waals surface area contributed by atoms with Gasteiger partial charge in [-0.15, -0.1) is 10.2 Å². The average molecular weight is 344 g/mol. The van der Waals surface area contributed by atoms with Crippen LogP contribution >= 0.6 is 22.6 Å². The van der Waals surface area contributed by atoms with Crippen molar-refractivity contribution in [2.75, 3.05) is 0 Å². The van der Waals surface area contributed by atoms with E-state index in [1.54, 1.807) is 6.20 Å². The van der Waals surface area contributed by atoms with E-state index in [1.807, 2.05) is 22.7 Å². The second-order valence-electron chi connectivity index (χ2n) is 3.36. The zero-order valence-electron chi connectivity index (χ0n) is 8.47. The van der Waals surface area contributed by atoms with Gasteiger partial charge in [0.1, 0.15) is 9.35 Å². The van der Waals surface area contributed by atoms with Gasteiger partial charge in [-0.3, -0.25) is 4.40 Å². The van der Waals surface area contributed by atoms with E-state index >= 15 is 0 Å². The van der Waals surface area contributed by atoms with E-state index in [0.717, 1.165) is 14.9 Å². The molecule has 0 amide bonds. The Morgan fingerprint density at radius 3 is 3.06 bits per heavy atom. The fraction of sp³-hybridized carbons (Fsp3) is 0.100. The summed E-state index contributed by atoms with van der Waals surface area (Å²) in [7, 11) is 0. The van der Waals surface area contributed by atoms with Gasteiger partial charge in [0.2, 0.25) is 11.8 Å². The lowest BCUT2D eigenvalue weighted by atomic mass is 10.2. The summed E-state index contributed by atoms with van der Waals surface area (Å²) in [6.07, 6.45) is 3.62. The minimum atomic E-state index is -0.753. The van der Waals surface area contributed by atoms with Crippen LogP contribution in [0.15, 0.2) is 28.9 Å². The number of pyridine rings is 1. The summed E-state index contributed by atoms with van der Waals surface area (Å²) in [5.74, 6) is 0.288. The summed E-state index contributed by atoms with van der Waals surface area (Å²) in [6.45, 7) is -0.753. The molecule has 0 aliphatic heterocycles. The van der Waals surface area contributed by atoms with Gasteiger partial charge in [-0.2, -0.15) is 0 Å². The second-order valence-corrected chi connectivity index (χ2v) is 4.46. The normalized spacial score (nSPS) is 11.2.